The zero-order chi connectivity index (χ0) is 16.7. The number of likely N-dealkylation sites (N-methyl/N-ethyl adjacent to an activating group) is 2. The third-order valence-electron chi connectivity index (χ3n) is 3.85. The van der Waals surface area contributed by atoms with Crippen LogP contribution in [0.2, 0.25) is 0 Å². The molecule has 0 heterocycles. The molecule has 0 saturated carbocycles. The minimum Gasteiger partial charge on any atom is -0.341 e. The summed E-state index contributed by atoms with van der Waals surface area (Å²) < 4.78 is 13.8. The number of hydrogen-bond donors (Lipinski definition) is 0. The number of carbonyl (C=O) groups is 1. The highest BCUT2D eigenvalue weighted by molar-refractivity contribution is 5.78. The molecule has 0 N–H and O–H groups in total. The van der Waals surface area contributed by atoms with Gasteiger partial charge in [0.05, 0.1) is 18.5 Å². The molecule has 2 atom stereocenters. The topological polar surface area (TPSA) is 47.3 Å². The van der Waals surface area contributed by atoms with Crippen molar-refractivity contribution >= 4 is 5.91 Å². The average molecular weight is 305 g/mol. The lowest BCUT2D eigenvalue weighted by atomic mass is 10.1. The second kappa shape index (κ2) is 8.50. The summed E-state index contributed by atoms with van der Waals surface area (Å²) in [7, 11) is 1.80. The third-order valence-corrected chi connectivity index (χ3v) is 3.85. The normalized spacial score (nSPS) is 13.5. The molecule has 0 fully saturated rings. The van der Waals surface area contributed by atoms with Gasteiger partial charge >= 0.3 is 0 Å². The Bertz CT molecular complexity index is 541. The fourth-order valence-electron chi connectivity index (χ4n) is 2.28. The average Bonchev–Trinajstić information content (AvgIpc) is 2.51. The van der Waals surface area contributed by atoms with Gasteiger partial charge in [0, 0.05) is 24.7 Å². The summed E-state index contributed by atoms with van der Waals surface area (Å²) in [5.74, 6) is -0.506. The maximum absolute atomic E-state index is 13.8. The molecule has 0 radical (unpaired) electrons. The van der Waals surface area contributed by atoms with Gasteiger partial charge in [0.15, 0.2) is 0 Å². The van der Waals surface area contributed by atoms with E-state index >= 15 is 0 Å². The molecule has 0 saturated heterocycles. The highest BCUT2D eigenvalue weighted by Crippen LogP contribution is 2.21. The van der Waals surface area contributed by atoms with Gasteiger partial charge in [0.1, 0.15) is 5.82 Å². The summed E-state index contributed by atoms with van der Waals surface area (Å²) >= 11 is 0. The first-order chi connectivity index (χ1) is 10.4. The second-order valence-corrected chi connectivity index (χ2v) is 5.58. The van der Waals surface area contributed by atoms with Crippen LogP contribution in [-0.2, 0) is 4.79 Å². The van der Waals surface area contributed by atoms with Gasteiger partial charge in [-0.25, -0.2) is 4.39 Å². The predicted molar refractivity (Wildman–Crippen MR) is 84.5 cm³/mol. The molecule has 0 aliphatic rings. The molecule has 0 bridgehead atoms. The Morgan fingerprint density at radius 2 is 2.00 bits per heavy atom. The quantitative estimate of drug-likeness (QED) is 0.778. The van der Waals surface area contributed by atoms with Crippen molar-refractivity contribution in [1.29, 1.82) is 5.26 Å². The molecule has 1 rings (SSSR count). The minimum atomic E-state index is -0.264. The minimum absolute atomic E-state index is 0.0460. The number of hydrogen-bond acceptors (Lipinski definition) is 3. The number of nitrogens with zero attached hydrogens (tertiary/aromatic N) is 3. The van der Waals surface area contributed by atoms with Crippen molar-refractivity contribution in [1.82, 2.24) is 9.80 Å². The van der Waals surface area contributed by atoms with E-state index in [0.29, 0.717) is 18.7 Å². The zero-order valence-electron chi connectivity index (χ0n) is 13.7. The molecule has 0 aliphatic carbocycles. The number of carbonyl (C=O) groups excluding carboxylic acids is 1. The first-order valence-electron chi connectivity index (χ1n) is 7.52. The number of rotatable bonds is 7. The zero-order valence-corrected chi connectivity index (χ0v) is 13.7. The molecule has 0 aromatic heterocycles. The van der Waals surface area contributed by atoms with Crippen molar-refractivity contribution in [2.24, 2.45) is 5.92 Å². The van der Waals surface area contributed by atoms with E-state index in [4.69, 9.17) is 5.26 Å². The standard InChI is InChI=1S/C17H24FN3O/c1-5-21(11-13(2)10-19)17(22)12-20(4)14(3)15-8-6-7-9-16(15)18/h6-9,13-14H,5,11-12H2,1-4H3. The predicted octanol–water partition coefficient (Wildman–Crippen LogP) is 2.83. The fraction of sp³-hybridized carbons (Fsp3) is 0.529. The van der Waals surface area contributed by atoms with Crippen LogP contribution in [0.5, 0.6) is 0 Å². The molecule has 1 aromatic carbocycles. The molecular weight excluding hydrogens is 281 g/mol. The largest absolute Gasteiger partial charge is 0.341 e. The number of amides is 1. The van der Waals surface area contributed by atoms with E-state index in [-0.39, 0.29) is 30.2 Å². The summed E-state index contributed by atoms with van der Waals surface area (Å²) in [6, 6.07) is 8.54. The Morgan fingerprint density at radius 1 is 1.36 bits per heavy atom. The summed E-state index contributed by atoms with van der Waals surface area (Å²) in [5, 5.41) is 8.87. The Morgan fingerprint density at radius 3 is 2.55 bits per heavy atom. The van der Waals surface area contributed by atoms with Gasteiger partial charge in [-0.1, -0.05) is 18.2 Å². The maximum Gasteiger partial charge on any atom is 0.236 e. The van der Waals surface area contributed by atoms with E-state index in [2.05, 4.69) is 6.07 Å². The van der Waals surface area contributed by atoms with E-state index in [1.807, 2.05) is 18.7 Å². The second-order valence-electron chi connectivity index (χ2n) is 5.58. The molecule has 2 unspecified atom stereocenters. The molecule has 1 amide bonds. The molecule has 120 valence electrons. The van der Waals surface area contributed by atoms with Gasteiger partial charge in [-0.3, -0.25) is 9.69 Å². The summed E-state index contributed by atoms with van der Waals surface area (Å²) in [6.07, 6.45) is 0. The molecule has 22 heavy (non-hydrogen) atoms. The van der Waals surface area contributed by atoms with E-state index < -0.39 is 0 Å². The van der Waals surface area contributed by atoms with Gasteiger partial charge < -0.3 is 4.90 Å². The van der Waals surface area contributed by atoms with Crippen molar-refractivity contribution in [2.75, 3.05) is 26.7 Å². The van der Waals surface area contributed by atoms with Crippen LogP contribution in [-0.4, -0.2) is 42.4 Å². The van der Waals surface area contributed by atoms with Gasteiger partial charge in [-0.2, -0.15) is 5.26 Å². The molecule has 1 aromatic rings. The first kappa shape index (κ1) is 18.1. The maximum atomic E-state index is 13.8. The summed E-state index contributed by atoms with van der Waals surface area (Å²) in [5.41, 5.74) is 0.575. The monoisotopic (exact) mass is 305 g/mol. The number of halogens is 1. The van der Waals surface area contributed by atoms with Crippen LogP contribution in [0.15, 0.2) is 24.3 Å². The SMILES string of the molecule is CCN(CC(C)C#N)C(=O)CN(C)C(C)c1ccccc1F. The highest BCUT2D eigenvalue weighted by Gasteiger charge is 2.21. The van der Waals surface area contributed by atoms with Crippen LogP contribution in [0.25, 0.3) is 0 Å². The van der Waals surface area contributed by atoms with E-state index in [9.17, 15) is 9.18 Å². The van der Waals surface area contributed by atoms with E-state index in [1.54, 1.807) is 37.1 Å². The van der Waals surface area contributed by atoms with Crippen molar-refractivity contribution in [3.8, 4) is 6.07 Å². The van der Waals surface area contributed by atoms with Gasteiger partial charge in [0.2, 0.25) is 5.91 Å². The van der Waals surface area contributed by atoms with Crippen LogP contribution < -0.4 is 0 Å². The molecular formula is C17H24FN3O. The third kappa shape index (κ3) is 4.81. The van der Waals surface area contributed by atoms with Crippen LogP contribution in [0.3, 0.4) is 0 Å². The first-order valence-corrected chi connectivity index (χ1v) is 7.52. The smallest absolute Gasteiger partial charge is 0.236 e. The summed E-state index contributed by atoms with van der Waals surface area (Å²) in [4.78, 5) is 15.8. The van der Waals surface area contributed by atoms with Crippen LogP contribution in [0, 0.1) is 23.1 Å². The van der Waals surface area contributed by atoms with Gasteiger partial charge in [-0.05, 0) is 33.9 Å². The van der Waals surface area contributed by atoms with Crippen LogP contribution in [0.1, 0.15) is 32.4 Å². The Balaban J connectivity index is 2.70. The number of nitriles is 1. The summed E-state index contributed by atoms with van der Waals surface area (Å²) in [6.45, 7) is 6.74. The van der Waals surface area contributed by atoms with E-state index in [1.165, 1.54) is 6.07 Å². The van der Waals surface area contributed by atoms with Crippen molar-refractivity contribution in [2.45, 2.75) is 26.8 Å². The lowest BCUT2D eigenvalue weighted by Gasteiger charge is -2.28. The van der Waals surface area contributed by atoms with Crippen molar-refractivity contribution in [3.05, 3.63) is 35.6 Å². The highest BCUT2D eigenvalue weighted by atomic mass is 19.1. The lowest BCUT2D eigenvalue weighted by molar-refractivity contribution is -0.132. The molecule has 0 spiro atoms. The van der Waals surface area contributed by atoms with Gasteiger partial charge in [-0.15, -0.1) is 0 Å². The Hall–Kier alpha value is -1.93. The molecule has 0 aliphatic heterocycles. The van der Waals surface area contributed by atoms with Crippen LogP contribution >= 0.6 is 0 Å². The van der Waals surface area contributed by atoms with Crippen molar-refractivity contribution in [3.63, 3.8) is 0 Å². The number of benzene rings is 1. The van der Waals surface area contributed by atoms with Crippen LogP contribution in [0.4, 0.5) is 4.39 Å². The lowest BCUT2D eigenvalue weighted by Crippen LogP contribution is -2.41. The van der Waals surface area contributed by atoms with Crippen molar-refractivity contribution < 1.29 is 9.18 Å². The van der Waals surface area contributed by atoms with Gasteiger partial charge in [0.25, 0.3) is 0 Å². The molecule has 4 nitrogen and oxygen atoms in total. The van der Waals surface area contributed by atoms with E-state index in [0.717, 1.165) is 0 Å². The Labute approximate surface area is 132 Å². The fourth-order valence-corrected chi connectivity index (χ4v) is 2.28. The molecule has 5 heteroatoms. The Kier molecular flexibility index (Phi) is 7.00.